The van der Waals surface area contributed by atoms with Gasteiger partial charge >= 0.3 is 0 Å². The first-order valence-electron chi connectivity index (χ1n) is 5.33. The largest absolute Gasteiger partial charge is 0.351 e. The molecule has 84 valence electrons. The fourth-order valence-corrected chi connectivity index (χ4v) is 2.18. The van der Waals surface area contributed by atoms with Crippen LogP contribution < -0.4 is 5.32 Å². The molecule has 1 aromatic heterocycles. The maximum absolute atomic E-state index is 11.9. The molecule has 0 spiro atoms. The summed E-state index contributed by atoms with van der Waals surface area (Å²) in [5, 5.41) is 18.3. The Labute approximate surface area is 93.8 Å². The van der Waals surface area contributed by atoms with Gasteiger partial charge in [-0.1, -0.05) is 6.92 Å². The average Bonchev–Trinajstić information content (AvgIpc) is 2.73. The van der Waals surface area contributed by atoms with Crippen molar-refractivity contribution >= 4 is 5.91 Å². The van der Waals surface area contributed by atoms with Gasteiger partial charge in [0.25, 0.3) is 0 Å². The van der Waals surface area contributed by atoms with Crippen LogP contribution >= 0.6 is 0 Å². The molecular weight excluding hydrogens is 204 g/mol. The zero-order valence-corrected chi connectivity index (χ0v) is 9.16. The van der Waals surface area contributed by atoms with Crippen molar-refractivity contribution in [1.82, 2.24) is 15.5 Å². The third-order valence-electron chi connectivity index (χ3n) is 3.05. The number of nitrogens with one attached hydrogen (secondary N) is 2. The third-order valence-corrected chi connectivity index (χ3v) is 3.05. The standard InChI is InChI=1S/C11H14N4O/c1-8-2-11(3-8,7-12)10(16)13-4-9-5-14-15-6-9/h5-6,8H,2-4H2,1H3,(H,13,16)(H,14,15). The normalized spacial score (nSPS) is 27.9. The summed E-state index contributed by atoms with van der Waals surface area (Å²) in [7, 11) is 0. The Morgan fingerprint density at radius 1 is 1.81 bits per heavy atom. The van der Waals surface area contributed by atoms with Crippen molar-refractivity contribution in [3.8, 4) is 6.07 Å². The summed E-state index contributed by atoms with van der Waals surface area (Å²) in [6, 6.07) is 2.14. The van der Waals surface area contributed by atoms with Crippen LogP contribution in [-0.2, 0) is 11.3 Å². The van der Waals surface area contributed by atoms with E-state index in [1.54, 1.807) is 12.4 Å². The van der Waals surface area contributed by atoms with Crippen LogP contribution in [0.1, 0.15) is 25.3 Å². The Morgan fingerprint density at radius 3 is 3.06 bits per heavy atom. The first kappa shape index (κ1) is 10.7. The van der Waals surface area contributed by atoms with Crippen molar-refractivity contribution in [3.05, 3.63) is 18.0 Å². The van der Waals surface area contributed by atoms with E-state index < -0.39 is 5.41 Å². The van der Waals surface area contributed by atoms with E-state index >= 15 is 0 Å². The molecule has 0 saturated heterocycles. The molecule has 0 radical (unpaired) electrons. The number of rotatable bonds is 3. The van der Waals surface area contributed by atoms with E-state index in [0.29, 0.717) is 25.3 Å². The van der Waals surface area contributed by atoms with Crippen molar-refractivity contribution in [3.63, 3.8) is 0 Å². The molecule has 1 aliphatic carbocycles. The number of H-pyrrole nitrogens is 1. The fourth-order valence-electron chi connectivity index (χ4n) is 2.18. The summed E-state index contributed by atoms with van der Waals surface area (Å²) in [6.07, 6.45) is 4.72. The molecule has 1 saturated carbocycles. The molecule has 1 aliphatic rings. The van der Waals surface area contributed by atoms with Crippen molar-refractivity contribution < 1.29 is 4.79 Å². The monoisotopic (exact) mass is 218 g/mol. The predicted molar refractivity (Wildman–Crippen MR) is 56.9 cm³/mol. The number of carbonyl (C=O) groups excluding carboxylic acids is 1. The van der Waals surface area contributed by atoms with E-state index in [1.807, 2.05) is 0 Å². The van der Waals surface area contributed by atoms with Gasteiger partial charge in [0.2, 0.25) is 5.91 Å². The molecule has 5 heteroatoms. The second kappa shape index (κ2) is 3.97. The lowest BCUT2D eigenvalue weighted by molar-refractivity contribution is -0.134. The van der Waals surface area contributed by atoms with Crippen LogP contribution in [0.2, 0.25) is 0 Å². The van der Waals surface area contributed by atoms with E-state index in [2.05, 4.69) is 28.5 Å². The molecule has 0 unspecified atom stereocenters. The minimum absolute atomic E-state index is 0.158. The topological polar surface area (TPSA) is 81.6 Å². The zero-order valence-electron chi connectivity index (χ0n) is 9.16. The number of aromatic amines is 1. The van der Waals surface area contributed by atoms with Gasteiger partial charge in [0.15, 0.2) is 0 Å². The lowest BCUT2D eigenvalue weighted by Crippen LogP contribution is -2.47. The molecule has 0 bridgehead atoms. The Kier molecular flexibility index (Phi) is 2.65. The zero-order chi connectivity index (χ0) is 11.6. The van der Waals surface area contributed by atoms with E-state index in [-0.39, 0.29) is 5.91 Å². The lowest BCUT2D eigenvalue weighted by atomic mass is 9.63. The number of nitrogens with zero attached hydrogens (tertiary/aromatic N) is 2. The molecule has 5 nitrogen and oxygen atoms in total. The molecular formula is C11H14N4O. The highest BCUT2D eigenvalue weighted by atomic mass is 16.2. The van der Waals surface area contributed by atoms with Gasteiger partial charge in [0.05, 0.1) is 12.3 Å². The van der Waals surface area contributed by atoms with Crippen LogP contribution in [0.5, 0.6) is 0 Å². The Bertz CT molecular complexity index is 412. The SMILES string of the molecule is CC1CC(C#N)(C(=O)NCc2cn[nH]c2)C1. The van der Waals surface area contributed by atoms with Crippen LogP contribution in [-0.4, -0.2) is 16.1 Å². The summed E-state index contributed by atoms with van der Waals surface area (Å²) >= 11 is 0. The van der Waals surface area contributed by atoms with E-state index in [4.69, 9.17) is 5.26 Å². The number of nitriles is 1. The van der Waals surface area contributed by atoms with Crippen molar-refractivity contribution in [2.24, 2.45) is 11.3 Å². The molecule has 1 fully saturated rings. The molecule has 1 heterocycles. The summed E-state index contributed by atoms with van der Waals surface area (Å²) in [5.41, 5.74) is 0.122. The van der Waals surface area contributed by atoms with Gasteiger partial charge in [-0.05, 0) is 18.8 Å². The predicted octanol–water partition coefficient (Wildman–Crippen LogP) is 0.966. The maximum Gasteiger partial charge on any atom is 0.240 e. The Balaban J connectivity index is 1.91. The minimum Gasteiger partial charge on any atom is -0.351 e. The summed E-state index contributed by atoms with van der Waals surface area (Å²) < 4.78 is 0. The second-order valence-corrected chi connectivity index (χ2v) is 4.50. The van der Waals surface area contributed by atoms with Gasteiger partial charge in [0, 0.05) is 18.3 Å². The quantitative estimate of drug-likeness (QED) is 0.793. The summed E-state index contributed by atoms with van der Waals surface area (Å²) in [6.45, 7) is 2.48. The fraction of sp³-hybridized carbons (Fsp3) is 0.545. The van der Waals surface area contributed by atoms with Gasteiger partial charge < -0.3 is 5.32 Å². The number of aromatic nitrogens is 2. The van der Waals surface area contributed by atoms with Crippen molar-refractivity contribution in [2.45, 2.75) is 26.3 Å². The van der Waals surface area contributed by atoms with Crippen LogP contribution in [0.25, 0.3) is 0 Å². The molecule has 16 heavy (non-hydrogen) atoms. The summed E-state index contributed by atoms with van der Waals surface area (Å²) in [5.74, 6) is 0.314. The highest BCUT2D eigenvalue weighted by Gasteiger charge is 2.48. The molecule has 2 rings (SSSR count). The van der Waals surface area contributed by atoms with Gasteiger partial charge in [-0.2, -0.15) is 10.4 Å². The first-order chi connectivity index (χ1) is 7.66. The Morgan fingerprint density at radius 2 is 2.56 bits per heavy atom. The highest BCUT2D eigenvalue weighted by molar-refractivity contribution is 5.86. The van der Waals surface area contributed by atoms with Crippen LogP contribution in [0.3, 0.4) is 0 Å². The van der Waals surface area contributed by atoms with Gasteiger partial charge in [-0.3, -0.25) is 9.89 Å². The highest BCUT2D eigenvalue weighted by Crippen LogP contribution is 2.45. The van der Waals surface area contributed by atoms with Gasteiger partial charge in [-0.25, -0.2) is 0 Å². The first-order valence-corrected chi connectivity index (χ1v) is 5.33. The van der Waals surface area contributed by atoms with E-state index in [9.17, 15) is 4.79 Å². The number of hydrogen-bond acceptors (Lipinski definition) is 3. The van der Waals surface area contributed by atoms with Crippen molar-refractivity contribution in [1.29, 1.82) is 5.26 Å². The van der Waals surface area contributed by atoms with Crippen LogP contribution in [0.4, 0.5) is 0 Å². The molecule has 2 N–H and O–H groups in total. The average molecular weight is 218 g/mol. The molecule has 0 aliphatic heterocycles. The van der Waals surface area contributed by atoms with E-state index in [1.165, 1.54) is 0 Å². The molecule has 1 amide bonds. The van der Waals surface area contributed by atoms with Crippen LogP contribution in [0.15, 0.2) is 12.4 Å². The number of amides is 1. The summed E-state index contributed by atoms with van der Waals surface area (Å²) in [4.78, 5) is 11.9. The van der Waals surface area contributed by atoms with E-state index in [0.717, 1.165) is 5.56 Å². The second-order valence-electron chi connectivity index (χ2n) is 4.50. The van der Waals surface area contributed by atoms with Gasteiger partial charge in [0.1, 0.15) is 5.41 Å². The molecule has 0 atom stereocenters. The number of carbonyl (C=O) groups is 1. The van der Waals surface area contributed by atoms with Crippen molar-refractivity contribution in [2.75, 3.05) is 0 Å². The third kappa shape index (κ3) is 1.78. The molecule has 1 aromatic rings. The van der Waals surface area contributed by atoms with Crippen LogP contribution in [0, 0.1) is 22.7 Å². The lowest BCUT2D eigenvalue weighted by Gasteiger charge is -2.39. The van der Waals surface area contributed by atoms with Gasteiger partial charge in [-0.15, -0.1) is 0 Å². The Hall–Kier alpha value is -1.83. The smallest absolute Gasteiger partial charge is 0.240 e. The molecule has 0 aromatic carbocycles. The number of hydrogen-bond donors (Lipinski definition) is 2. The maximum atomic E-state index is 11.9. The minimum atomic E-state index is -0.789.